The highest BCUT2D eigenvalue weighted by Crippen LogP contribution is 2.16. The molecule has 9 heavy (non-hydrogen) atoms. The van der Waals surface area contributed by atoms with Gasteiger partial charge in [-0.15, -0.1) is 0 Å². The third-order valence-corrected chi connectivity index (χ3v) is 1.94. The number of rotatable bonds is 0. The van der Waals surface area contributed by atoms with Crippen molar-refractivity contribution in [1.29, 1.82) is 0 Å². The smallest absolute Gasteiger partial charge is 0.122 e. The summed E-state index contributed by atoms with van der Waals surface area (Å²) in [4.78, 5) is 0. The van der Waals surface area contributed by atoms with Gasteiger partial charge in [-0.3, -0.25) is 0 Å². The fraction of sp³-hybridized carbons (Fsp3) is 1.00. The Balaban J connectivity index is 2.54. The van der Waals surface area contributed by atoms with Crippen LogP contribution in [0.3, 0.4) is 0 Å². The Morgan fingerprint density at radius 3 is 1.44 bits per heavy atom. The number of hydrogen-bond acceptors (Lipinski definition) is 3. The summed E-state index contributed by atoms with van der Waals surface area (Å²) in [5.74, 6) is 0. The molecule has 1 aliphatic rings. The normalized spacial score (nSPS) is 40.0. The van der Waals surface area contributed by atoms with Gasteiger partial charge in [0.25, 0.3) is 0 Å². The Bertz CT molecular complexity index is 95.2. The van der Waals surface area contributed by atoms with Crippen LogP contribution >= 0.6 is 0 Å². The standard InChI is InChI=1S/C6H14N2O/c1-5-7(3)8(4)6(2)9-5/h5-6H,1-4H3. The molecule has 1 heterocycles. The Morgan fingerprint density at radius 1 is 1.00 bits per heavy atom. The fourth-order valence-corrected chi connectivity index (χ4v) is 0.974. The topological polar surface area (TPSA) is 15.7 Å². The number of ether oxygens (including phenoxy) is 1. The van der Waals surface area contributed by atoms with Gasteiger partial charge in [0.2, 0.25) is 0 Å². The average Bonchev–Trinajstić information content (AvgIpc) is 1.98. The molecule has 2 unspecified atom stereocenters. The van der Waals surface area contributed by atoms with Gasteiger partial charge >= 0.3 is 0 Å². The first kappa shape index (κ1) is 6.99. The van der Waals surface area contributed by atoms with Crippen LogP contribution in [-0.2, 0) is 4.74 Å². The third-order valence-electron chi connectivity index (χ3n) is 1.94. The lowest BCUT2D eigenvalue weighted by Crippen LogP contribution is -2.35. The highest BCUT2D eigenvalue weighted by Gasteiger charge is 2.28. The molecule has 0 N–H and O–H groups in total. The monoisotopic (exact) mass is 130 g/mol. The first-order valence-corrected chi connectivity index (χ1v) is 3.24. The molecule has 1 fully saturated rings. The predicted molar refractivity (Wildman–Crippen MR) is 35.5 cm³/mol. The van der Waals surface area contributed by atoms with Crippen molar-refractivity contribution in [2.45, 2.75) is 26.3 Å². The Hall–Kier alpha value is -0.120. The van der Waals surface area contributed by atoms with Gasteiger partial charge in [-0.05, 0) is 13.8 Å². The molecular weight excluding hydrogens is 116 g/mol. The van der Waals surface area contributed by atoms with E-state index in [1.54, 1.807) is 0 Å². The highest BCUT2D eigenvalue weighted by molar-refractivity contribution is 4.60. The maximum atomic E-state index is 5.44. The summed E-state index contributed by atoms with van der Waals surface area (Å²) < 4.78 is 5.44. The van der Waals surface area contributed by atoms with E-state index in [-0.39, 0.29) is 12.5 Å². The Morgan fingerprint density at radius 2 is 1.33 bits per heavy atom. The summed E-state index contributed by atoms with van der Waals surface area (Å²) >= 11 is 0. The van der Waals surface area contributed by atoms with Gasteiger partial charge in [-0.2, -0.15) is 0 Å². The molecule has 0 saturated carbocycles. The molecule has 0 bridgehead atoms. The molecule has 0 amide bonds. The Labute approximate surface area is 56.2 Å². The van der Waals surface area contributed by atoms with Crippen molar-refractivity contribution < 1.29 is 4.74 Å². The van der Waals surface area contributed by atoms with Crippen LogP contribution in [0, 0.1) is 0 Å². The van der Waals surface area contributed by atoms with Crippen molar-refractivity contribution in [2.75, 3.05) is 14.1 Å². The van der Waals surface area contributed by atoms with E-state index in [9.17, 15) is 0 Å². The van der Waals surface area contributed by atoms with Crippen molar-refractivity contribution in [3.63, 3.8) is 0 Å². The van der Waals surface area contributed by atoms with Crippen LogP contribution < -0.4 is 0 Å². The quantitative estimate of drug-likeness (QED) is 0.474. The first-order chi connectivity index (χ1) is 4.13. The van der Waals surface area contributed by atoms with Gasteiger partial charge < -0.3 is 4.74 Å². The number of nitrogens with zero attached hydrogens (tertiary/aromatic N) is 2. The largest absolute Gasteiger partial charge is 0.343 e. The zero-order valence-corrected chi connectivity index (χ0v) is 6.46. The zero-order valence-electron chi connectivity index (χ0n) is 6.46. The second kappa shape index (κ2) is 2.25. The van der Waals surface area contributed by atoms with Crippen molar-refractivity contribution in [3.05, 3.63) is 0 Å². The van der Waals surface area contributed by atoms with E-state index in [4.69, 9.17) is 4.74 Å². The minimum atomic E-state index is 0.227. The van der Waals surface area contributed by atoms with Crippen LogP contribution in [0.15, 0.2) is 0 Å². The van der Waals surface area contributed by atoms with E-state index in [1.807, 2.05) is 27.9 Å². The number of hydrazine groups is 1. The van der Waals surface area contributed by atoms with Gasteiger partial charge in [0, 0.05) is 14.1 Å². The summed E-state index contributed by atoms with van der Waals surface area (Å²) in [5.41, 5.74) is 0. The molecule has 1 saturated heterocycles. The molecule has 3 heteroatoms. The molecule has 0 aromatic rings. The lowest BCUT2D eigenvalue weighted by molar-refractivity contribution is 0.0282. The van der Waals surface area contributed by atoms with Gasteiger partial charge in [0.15, 0.2) is 0 Å². The third kappa shape index (κ3) is 1.08. The molecule has 0 radical (unpaired) electrons. The van der Waals surface area contributed by atoms with E-state index >= 15 is 0 Å². The summed E-state index contributed by atoms with van der Waals surface area (Å²) in [7, 11) is 4.04. The Kier molecular flexibility index (Phi) is 1.75. The minimum Gasteiger partial charge on any atom is -0.343 e. The van der Waals surface area contributed by atoms with E-state index in [0.29, 0.717) is 0 Å². The zero-order chi connectivity index (χ0) is 7.02. The maximum Gasteiger partial charge on any atom is 0.122 e. The van der Waals surface area contributed by atoms with Crippen molar-refractivity contribution >= 4 is 0 Å². The van der Waals surface area contributed by atoms with Gasteiger partial charge in [-0.25, -0.2) is 10.0 Å². The predicted octanol–water partition coefficient (Wildman–Crippen LogP) is 0.487. The molecule has 54 valence electrons. The van der Waals surface area contributed by atoms with Gasteiger partial charge in [0.1, 0.15) is 12.5 Å². The van der Waals surface area contributed by atoms with Crippen LogP contribution in [0.25, 0.3) is 0 Å². The summed E-state index contributed by atoms with van der Waals surface area (Å²) in [6, 6.07) is 0. The second-order valence-corrected chi connectivity index (χ2v) is 2.48. The molecule has 0 aromatic heterocycles. The second-order valence-electron chi connectivity index (χ2n) is 2.48. The molecule has 3 nitrogen and oxygen atoms in total. The highest BCUT2D eigenvalue weighted by atomic mass is 16.6. The van der Waals surface area contributed by atoms with Gasteiger partial charge in [-0.1, -0.05) is 0 Å². The van der Waals surface area contributed by atoms with Crippen LogP contribution in [0.2, 0.25) is 0 Å². The van der Waals surface area contributed by atoms with Crippen molar-refractivity contribution in [2.24, 2.45) is 0 Å². The first-order valence-electron chi connectivity index (χ1n) is 3.24. The molecule has 1 aliphatic heterocycles. The van der Waals surface area contributed by atoms with Crippen LogP contribution in [-0.4, -0.2) is 36.6 Å². The number of hydrogen-bond donors (Lipinski definition) is 0. The molecule has 0 spiro atoms. The minimum absolute atomic E-state index is 0.227. The lowest BCUT2D eigenvalue weighted by Gasteiger charge is -2.20. The van der Waals surface area contributed by atoms with Crippen LogP contribution in [0.5, 0.6) is 0 Å². The molecule has 0 aliphatic carbocycles. The summed E-state index contributed by atoms with van der Waals surface area (Å²) in [6.45, 7) is 4.08. The molecule has 2 atom stereocenters. The molecular formula is C6H14N2O. The van der Waals surface area contributed by atoms with E-state index in [1.165, 1.54) is 0 Å². The van der Waals surface area contributed by atoms with E-state index in [0.717, 1.165) is 0 Å². The van der Waals surface area contributed by atoms with E-state index in [2.05, 4.69) is 10.0 Å². The lowest BCUT2D eigenvalue weighted by atomic mass is 10.6. The van der Waals surface area contributed by atoms with E-state index < -0.39 is 0 Å². The average molecular weight is 130 g/mol. The van der Waals surface area contributed by atoms with Crippen molar-refractivity contribution in [3.8, 4) is 0 Å². The fourth-order valence-electron chi connectivity index (χ4n) is 0.974. The molecule has 1 rings (SSSR count). The SMILES string of the molecule is CC1OC(C)N(C)N1C. The summed E-state index contributed by atoms with van der Waals surface area (Å²) in [6.07, 6.45) is 0.454. The maximum absolute atomic E-state index is 5.44. The van der Waals surface area contributed by atoms with Crippen LogP contribution in [0.1, 0.15) is 13.8 Å². The van der Waals surface area contributed by atoms with Crippen LogP contribution in [0.4, 0.5) is 0 Å². The summed E-state index contributed by atoms with van der Waals surface area (Å²) in [5, 5.41) is 4.15. The molecule has 0 aromatic carbocycles. The van der Waals surface area contributed by atoms with Crippen molar-refractivity contribution in [1.82, 2.24) is 10.0 Å². The van der Waals surface area contributed by atoms with Gasteiger partial charge in [0.05, 0.1) is 0 Å².